The third-order valence-corrected chi connectivity index (χ3v) is 2.14. The molecule has 0 heterocycles. The Hall–Kier alpha value is -1.31. The van der Waals surface area contributed by atoms with Crippen molar-refractivity contribution in [3.63, 3.8) is 0 Å². The van der Waals surface area contributed by atoms with Crippen molar-refractivity contribution in [1.82, 2.24) is 0 Å². The van der Waals surface area contributed by atoms with Crippen LogP contribution in [0.5, 0.6) is 0 Å². The first-order valence-electron chi connectivity index (χ1n) is 5.02. The number of ketones is 1. The topological polar surface area (TPSA) is 20.3 Å². The van der Waals surface area contributed by atoms with Crippen molar-refractivity contribution in [3.05, 3.63) is 30.3 Å². The van der Waals surface area contributed by atoms with Gasteiger partial charge in [0.15, 0.2) is 5.78 Å². The summed E-state index contributed by atoms with van der Waals surface area (Å²) in [4.78, 5) is 13.4. The summed E-state index contributed by atoms with van der Waals surface area (Å²) in [6.07, 6.45) is 1.61. The largest absolute Gasteiger partial charge is 0.367 e. The van der Waals surface area contributed by atoms with Crippen molar-refractivity contribution in [2.24, 2.45) is 0 Å². The number of para-hydroxylation sites is 1. The van der Waals surface area contributed by atoms with Crippen LogP contribution in [-0.4, -0.2) is 19.4 Å². The average molecular weight is 191 g/mol. The van der Waals surface area contributed by atoms with Crippen LogP contribution < -0.4 is 4.90 Å². The van der Waals surface area contributed by atoms with E-state index in [1.807, 2.05) is 49.2 Å². The molecule has 0 saturated heterocycles. The molecule has 14 heavy (non-hydrogen) atoms. The minimum atomic E-state index is 0.304. The fourth-order valence-corrected chi connectivity index (χ4v) is 1.40. The van der Waals surface area contributed by atoms with Gasteiger partial charge in [-0.3, -0.25) is 4.79 Å². The summed E-state index contributed by atoms with van der Waals surface area (Å²) in [6.45, 7) is 2.54. The number of carbonyl (C=O) groups is 1. The average Bonchev–Trinajstić information content (AvgIpc) is 2.19. The highest BCUT2D eigenvalue weighted by Crippen LogP contribution is 2.10. The van der Waals surface area contributed by atoms with Gasteiger partial charge in [-0.1, -0.05) is 25.1 Å². The third-order valence-electron chi connectivity index (χ3n) is 2.14. The normalized spacial score (nSPS) is 9.86. The van der Waals surface area contributed by atoms with Gasteiger partial charge in [0, 0.05) is 19.2 Å². The minimum absolute atomic E-state index is 0.304. The van der Waals surface area contributed by atoms with Crippen molar-refractivity contribution in [2.45, 2.75) is 19.8 Å². The van der Waals surface area contributed by atoms with Gasteiger partial charge in [0.2, 0.25) is 0 Å². The van der Waals surface area contributed by atoms with Crippen LogP contribution in [0.2, 0.25) is 0 Å². The number of hydrogen-bond donors (Lipinski definition) is 0. The molecule has 1 aromatic carbocycles. The van der Waals surface area contributed by atoms with Crippen LogP contribution in [0.1, 0.15) is 19.8 Å². The van der Waals surface area contributed by atoms with E-state index in [1.54, 1.807) is 0 Å². The lowest BCUT2D eigenvalue weighted by molar-refractivity contribution is -0.117. The van der Waals surface area contributed by atoms with Crippen molar-refractivity contribution in [1.29, 1.82) is 0 Å². The predicted molar refractivity (Wildman–Crippen MR) is 59.6 cm³/mol. The lowest BCUT2D eigenvalue weighted by atomic mass is 10.2. The van der Waals surface area contributed by atoms with Gasteiger partial charge in [0.25, 0.3) is 0 Å². The summed E-state index contributed by atoms with van der Waals surface area (Å²) in [5.41, 5.74) is 1.09. The second kappa shape index (κ2) is 5.43. The van der Waals surface area contributed by atoms with Crippen LogP contribution in [0.25, 0.3) is 0 Å². The Bertz CT molecular complexity index is 282. The van der Waals surface area contributed by atoms with Gasteiger partial charge in [-0.15, -0.1) is 0 Å². The van der Waals surface area contributed by atoms with Crippen LogP contribution in [0, 0.1) is 0 Å². The SMILES string of the molecule is CCCC(=O)CN(C)c1ccccc1. The van der Waals surface area contributed by atoms with E-state index in [9.17, 15) is 4.79 Å². The lowest BCUT2D eigenvalue weighted by Crippen LogP contribution is -2.25. The molecule has 0 aromatic heterocycles. The molecule has 0 spiro atoms. The van der Waals surface area contributed by atoms with E-state index in [0.717, 1.165) is 12.1 Å². The minimum Gasteiger partial charge on any atom is -0.367 e. The first-order chi connectivity index (χ1) is 6.74. The fraction of sp³-hybridized carbons (Fsp3) is 0.417. The van der Waals surface area contributed by atoms with Gasteiger partial charge in [-0.25, -0.2) is 0 Å². The van der Waals surface area contributed by atoms with Gasteiger partial charge >= 0.3 is 0 Å². The second-order valence-electron chi connectivity index (χ2n) is 3.48. The number of hydrogen-bond acceptors (Lipinski definition) is 2. The van der Waals surface area contributed by atoms with E-state index in [1.165, 1.54) is 0 Å². The zero-order valence-electron chi connectivity index (χ0n) is 8.86. The number of likely N-dealkylation sites (N-methyl/N-ethyl adjacent to an activating group) is 1. The third kappa shape index (κ3) is 3.21. The molecule has 2 nitrogen and oxygen atoms in total. The summed E-state index contributed by atoms with van der Waals surface area (Å²) >= 11 is 0. The van der Waals surface area contributed by atoms with E-state index in [4.69, 9.17) is 0 Å². The Labute approximate surface area is 85.5 Å². The lowest BCUT2D eigenvalue weighted by Gasteiger charge is -2.17. The quantitative estimate of drug-likeness (QED) is 0.712. The van der Waals surface area contributed by atoms with Crippen molar-refractivity contribution < 1.29 is 4.79 Å². The molecule has 0 fully saturated rings. The number of anilines is 1. The molecule has 0 atom stereocenters. The standard InChI is InChI=1S/C12H17NO/c1-3-7-12(14)10-13(2)11-8-5-4-6-9-11/h4-6,8-9H,3,7,10H2,1-2H3. The van der Waals surface area contributed by atoms with Gasteiger partial charge in [-0.2, -0.15) is 0 Å². The zero-order chi connectivity index (χ0) is 10.4. The molecule has 1 rings (SSSR count). The van der Waals surface area contributed by atoms with E-state index in [2.05, 4.69) is 0 Å². The Morgan fingerprint density at radius 1 is 1.29 bits per heavy atom. The molecule has 0 aliphatic heterocycles. The van der Waals surface area contributed by atoms with E-state index < -0.39 is 0 Å². The van der Waals surface area contributed by atoms with Crippen LogP contribution in [0.4, 0.5) is 5.69 Å². The Morgan fingerprint density at radius 2 is 1.93 bits per heavy atom. The second-order valence-corrected chi connectivity index (χ2v) is 3.48. The highest BCUT2D eigenvalue weighted by atomic mass is 16.1. The zero-order valence-corrected chi connectivity index (χ0v) is 8.86. The summed E-state index contributed by atoms with van der Waals surface area (Å²) in [7, 11) is 1.95. The predicted octanol–water partition coefficient (Wildman–Crippen LogP) is 2.49. The molecule has 0 radical (unpaired) electrons. The molecule has 76 valence electrons. The van der Waals surface area contributed by atoms with E-state index >= 15 is 0 Å². The Balaban J connectivity index is 2.50. The van der Waals surface area contributed by atoms with Crippen molar-refractivity contribution in [2.75, 3.05) is 18.5 Å². The highest BCUT2D eigenvalue weighted by Gasteiger charge is 2.05. The highest BCUT2D eigenvalue weighted by molar-refractivity contribution is 5.83. The van der Waals surface area contributed by atoms with Crippen LogP contribution in [0.15, 0.2) is 30.3 Å². The molecule has 0 amide bonds. The number of Topliss-reactive ketones (excluding diaryl/α,β-unsaturated/α-hetero) is 1. The molecule has 0 aliphatic carbocycles. The van der Waals surface area contributed by atoms with Crippen LogP contribution >= 0.6 is 0 Å². The number of nitrogens with zero attached hydrogens (tertiary/aromatic N) is 1. The van der Waals surface area contributed by atoms with Gasteiger partial charge in [-0.05, 0) is 18.6 Å². The first kappa shape index (κ1) is 10.8. The first-order valence-corrected chi connectivity index (χ1v) is 5.02. The molecular weight excluding hydrogens is 174 g/mol. The molecule has 0 N–H and O–H groups in total. The maximum atomic E-state index is 11.4. The van der Waals surface area contributed by atoms with Crippen LogP contribution in [0.3, 0.4) is 0 Å². The molecular formula is C12H17NO. The molecule has 2 heteroatoms. The summed E-state index contributed by atoms with van der Waals surface area (Å²) in [6, 6.07) is 9.97. The van der Waals surface area contributed by atoms with E-state index in [-0.39, 0.29) is 0 Å². The molecule has 0 aliphatic rings. The number of carbonyl (C=O) groups excluding carboxylic acids is 1. The van der Waals surface area contributed by atoms with Gasteiger partial charge in [0.1, 0.15) is 0 Å². The fourth-order valence-electron chi connectivity index (χ4n) is 1.40. The van der Waals surface area contributed by atoms with Gasteiger partial charge in [0.05, 0.1) is 6.54 Å². The van der Waals surface area contributed by atoms with Crippen molar-refractivity contribution in [3.8, 4) is 0 Å². The monoisotopic (exact) mass is 191 g/mol. The van der Waals surface area contributed by atoms with E-state index in [0.29, 0.717) is 18.7 Å². The smallest absolute Gasteiger partial charge is 0.152 e. The molecule has 0 bridgehead atoms. The summed E-state index contributed by atoms with van der Waals surface area (Å²) < 4.78 is 0. The van der Waals surface area contributed by atoms with Crippen molar-refractivity contribution >= 4 is 11.5 Å². The maximum absolute atomic E-state index is 11.4. The summed E-state index contributed by atoms with van der Waals surface area (Å²) in [5.74, 6) is 0.304. The molecule has 0 saturated carbocycles. The molecule has 0 unspecified atom stereocenters. The summed E-state index contributed by atoms with van der Waals surface area (Å²) in [5, 5.41) is 0. The number of rotatable bonds is 5. The maximum Gasteiger partial charge on any atom is 0.152 e. The Morgan fingerprint density at radius 3 is 2.50 bits per heavy atom. The Kier molecular flexibility index (Phi) is 4.17. The molecule has 1 aromatic rings. The van der Waals surface area contributed by atoms with Crippen LogP contribution in [-0.2, 0) is 4.79 Å². The number of benzene rings is 1. The van der Waals surface area contributed by atoms with Gasteiger partial charge < -0.3 is 4.90 Å².